The molecule has 0 saturated carbocycles. The van der Waals surface area contributed by atoms with E-state index >= 15 is 0 Å². The van der Waals surface area contributed by atoms with Gasteiger partial charge < -0.3 is 15.0 Å². The second-order valence-corrected chi connectivity index (χ2v) is 5.55. The van der Waals surface area contributed by atoms with Crippen LogP contribution in [0.4, 0.5) is 4.79 Å². The largest absolute Gasteiger partial charge is 0.466 e. The summed E-state index contributed by atoms with van der Waals surface area (Å²) in [5.41, 5.74) is 2.39. The van der Waals surface area contributed by atoms with Crippen LogP contribution in [0, 0.1) is 6.92 Å². The van der Waals surface area contributed by atoms with Gasteiger partial charge in [0.25, 0.3) is 0 Å². The van der Waals surface area contributed by atoms with Gasteiger partial charge in [0.1, 0.15) is 0 Å². The number of ether oxygens (including phenoxy) is 1. The van der Waals surface area contributed by atoms with Gasteiger partial charge in [0.2, 0.25) is 0 Å². The van der Waals surface area contributed by atoms with Crippen molar-refractivity contribution in [3.05, 3.63) is 35.4 Å². The number of benzene rings is 1. The van der Waals surface area contributed by atoms with Crippen molar-refractivity contribution >= 4 is 12.0 Å². The van der Waals surface area contributed by atoms with Crippen molar-refractivity contribution < 1.29 is 14.3 Å². The molecule has 0 spiro atoms. The molecule has 0 aliphatic carbocycles. The first-order valence-electron chi connectivity index (χ1n) is 7.88. The van der Waals surface area contributed by atoms with Gasteiger partial charge in [0, 0.05) is 13.1 Å². The fourth-order valence-electron chi connectivity index (χ4n) is 2.75. The average Bonchev–Trinajstić information content (AvgIpc) is 2.97. The topological polar surface area (TPSA) is 58.6 Å². The number of esters is 1. The highest BCUT2D eigenvalue weighted by Crippen LogP contribution is 2.31. The molecule has 1 aromatic rings. The van der Waals surface area contributed by atoms with E-state index in [9.17, 15) is 9.59 Å². The standard InChI is InChI=1S/C17H24N2O3/c1-3-22-16(20)10-11-18-17(21)19-12-4-5-15(19)14-8-6-13(2)7-9-14/h6-9,15H,3-5,10-12H2,1-2H3,(H,18,21). The number of hydrogen-bond acceptors (Lipinski definition) is 3. The Labute approximate surface area is 131 Å². The van der Waals surface area contributed by atoms with Crippen LogP contribution >= 0.6 is 0 Å². The maximum Gasteiger partial charge on any atom is 0.317 e. The predicted octanol–water partition coefficient (Wildman–Crippen LogP) is 2.79. The Kier molecular flexibility index (Phi) is 5.81. The van der Waals surface area contributed by atoms with Crippen molar-refractivity contribution in [3.8, 4) is 0 Å². The highest BCUT2D eigenvalue weighted by atomic mass is 16.5. The molecule has 1 aliphatic rings. The summed E-state index contributed by atoms with van der Waals surface area (Å²) in [6, 6.07) is 8.35. The molecule has 1 unspecified atom stereocenters. The summed E-state index contributed by atoms with van der Waals surface area (Å²) in [6.45, 7) is 5.26. The molecule has 0 bridgehead atoms. The van der Waals surface area contributed by atoms with E-state index in [4.69, 9.17) is 4.74 Å². The van der Waals surface area contributed by atoms with Gasteiger partial charge in [0.15, 0.2) is 0 Å². The minimum atomic E-state index is -0.278. The van der Waals surface area contributed by atoms with Gasteiger partial charge in [-0.1, -0.05) is 29.8 Å². The van der Waals surface area contributed by atoms with Gasteiger partial charge in [-0.25, -0.2) is 4.79 Å². The zero-order valence-electron chi connectivity index (χ0n) is 13.3. The predicted molar refractivity (Wildman–Crippen MR) is 84.5 cm³/mol. The van der Waals surface area contributed by atoms with E-state index in [1.807, 2.05) is 4.90 Å². The molecule has 1 fully saturated rings. The first-order chi connectivity index (χ1) is 10.6. The summed E-state index contributed by atoms with van der Waals surface area (Å²) in [5, 5.41) is 2.81. The molecule has 1 aliphatic heterocycles. The van der Waals surface area contributed by atoms with Gasteiger partial charge >= 0.3 is 12.0 Å². The molecule has 2 amide bonds. The second-order valence-electron chi connectivity index (χ2n) is 5.55. The summed E-state index contributed by atoms with van der Waals surface area (Å²) in [6.07, 6.45) is 2.20. The Morgan fingerprint density at radius 1 is 1.32 bits per heavy atom. The zero-order valence-corrected chi connectivity index (χ0v) is 13.3. The quantitative estimate of drug-likeness (QED) is 0.851. The zero-order chi connectivity index (χ0) is 15.9. The number of aryl methyl sites for hydroxylation is 1. The van der Waals surface area contributed by atoms with Crippen LogP contribution in [0.15, 0.2) is 24.3 Å². The molecule has 5 heteroatoms. The van der Waals surface area contributed by atoms with E-state index in [0.29, 0.717) is 13.2 Å². The molecule has 1 aromatic carbocycles. The lowest BCUT2D eigenvalue weighted by atomic mass is 10.0. The van der Waals surface area contributed by atoms with Crippen LogP contribution in [0.2, 0.25) is 0 Å². The summed E-state index contributed by atoms with van der Waals surface area (Å²) in [4.78, 5) is 25.4. The van der Waals surface area contributed by atoms with E-state index in [-0.39, 0.29) is 24.5 Å². The SMILES string of the molecule is CCOC(=O)CCNC(=O)N1CCCC1c1ccc(C)cc1. The molecule has 22 heavy (non-hydrogen) atoms. The number of likely N-dealkylation sites (tertiary alicyclic amines) is 1. The number of rotatable bonds is 5. The maximum absolute atomic E-state index is 12.3. The first kappa shape index (κ1) is 16.3. The van der Waals surface area contributed by atoms with Gasteiger partial charge in [-0.05, 0) is 32.3 Å². The minimum absolute atomic E-state index is 0.104. The van der Waals surface area contributed by atoms with Crippen LogP contribution < -0.4 is 5.32 Å². The number of carbonyl (C=O) groups excluding carboxylic acids is 2. The smallest absolute Gasteiger partial charge is 0.317 e. The lowest BCUT2D eigenvalue weighted by Gasteiger charge is -2.25. The third-order valence-electron chi connectivity index (χ3n) is 3.89. The number of carbonyl (C=O) groups is 2. The second kappa shape index (κ2) is 7.82. The van der Waals surface area contributed by atoms with Crippen molar-refractivity contribution in [1.82, 2.24) is 10.2 Å². The molecule has 2 rings (SSSR count). The van der Waals surface area contributed by atoms with Gasteiger partial charge in [-0.15, -0.1) is 0 Å². The number of nitrogens with one attached hydrogen (secondary N) is 1. The van der Waals surface area contributed by atoms with Crippen LogP contribution in [0.1, 0.15) is 43.4 Å². The Hall–Kier alpha value is -2.04. The monoisotopic (exact) mass is 304 g/mol. The summed E-state index contributed by atoms with van der Waals surface area (Å²) >= 11 is 0. The molecule has 0 aromatic heterocycles. The number of hydrogen-bond donors (Lipinski definition) is 1. The van der Waals surface area contributed by atoms with Crippen molar-refractivity contribution in [2.24, 2.45) is 0 Å². The fourth-order valence-corrected chi connectivity index (χ4v) is 2.75. The number of urea groups is 1. The van der Waals surface area contributed by atoms with Crippen LogP contribution in [-0.4, -0.2) is 36.6 Å². The van der Waals surface area contributed by atoms with E-state index in [1.54, 1.807) is 6.92 Å². The highest BCUT2D eigenvalue weighted by molar-refractivity contribution is 5.76. The molecule has 0 radical (unpaired) electrons. The Morgan fingerprint density at radius 2 is 2.05 bits per heavy atom. The molecule has 1 saturated heterocycles. The molecule has 120 valence electrons. The van der Waals surface area contributed by atoms with Crippen LogP contribution in [0.5, 0.6) is 0 Å². The van der Waals surface area contributed by atoms with Crippen LogP contribution in [0.3, 0.4) is 0 Å². The maximum atomic E-state index is 12.3. The minimum Gasteiger partial charge on any atom is -0.466 e. The Morgan fingerprint density at radius 3 is 2.73 bits per heavy atom. The molecular weight excluding hydrogens is 280 g/mol. The third-order valence-corrected chi connectivity index (χ3v) is 3.89. The Bertz CT molecular complexity index is 513. The van der Waals surface area contributed by atoms with Gasteiger partial charge in [0.05, 0.1) is 19.1 Å². The van der Waals surface area contributed by atoms with Crippen molar-refractivity contribution in [3.63, 3.8) is 0 Å². The lowest BCUT2D eigenvalue weighted by Crippen LogP contribution is -2.40. The van der Waals surface area contributed by atoms with E-state index in [2.05, 4.69) is 36.5 Å². The van der Waals surface area contributed by atoms with Crippen LogP contribution in [0.25, 0.3) is 0 Å². The number of nitrogens with zero attached hydrogens (tertiary/aromatic N) is 1. The summed E-state index contributed by atoms with van der Waals surface area (Å²) in [7, 11) is 0. The van der Waals surface area contributed by atoms with Gasteiger partial charge in [-0.3, -0.25) is 4.79 Å². The van der Waals surface area contributed by atoms with Gasteiger partial charge in [-0.2, -0.15) is 0 Å². The van der Waals surface area contributed by atoms with Crippen molar-refractivity contribution in [2.75, 3.05) is 19.7 Å². The van der Waals surface area contributed by atoms with Crippen molar-refractivity contribution in [1.29, 1.82) is 0 Å². The normalized spacial score (nSPS) is 17.4. The molecule has 1 heterocycles. The molecular formula is C17H24N2O3. The first-order valence-corrected chi connectivity index (χ1v) is 7.88. The third kappa shape index (κ3) is 4.23. The van der Waals surface area contributed by atoms with E-state index in [1.165, 1.54) is 11.1 Å². The molecule has 1 atom stereocenters. The number of amides is 2. The lowest BCUT2D eigenvalue weighted by molar-refractivity contribution is -0.142. The highest BCUT2D eigenvalue weighted by Gasteiger charge is 2.29. The summed E-state index contributed by atoms with van der Waals surface area (Å²) < 4.78 is 4.85. The molecule has 1 N–H and O–H groups in total. The van der Waals surface area contributed by atoms with Crippen molar-refractivity contribution in [2.45, 2.75) is 39.2 Å². The Balaban J connectivity index is 1.88. The van der Waals surface area contributed by atoms with Crippen LogP contribution in [-0.2, 0) is 9.53 Å². The van der Waals surface area contributed by atoms with E-state index in [0.717, 1.165) is 19.4 Å². The fraction of sp³-hybridized carbons (Fsp3) is 0.529. The summed E-state index contributed by atoms with van der Waals surface area (Å²) in [5.74, 6) is -0.278. The molecule has 5 nitrogen and oxygen atoms in total. The van der Waals surface area contributed by atoms with E-state index < -0.39 is 0 Å². The average molecular weight is 304 g/mol.